The molecule has 1 aromatic rings. The van der Waals surface area contributed by atoms with Gasteiger partial charge in [-0.1, -0.05) is 0 Å². The van der Waals surface area contributed by atoms with E-state index in [-0.39, 0.29) is 11.9 Å². The molecule has 0 bridgehead atoms. The Balaban J connectivity index is 2.82. The SMILES string of the molecule is COc1cc(F)c(C(C)NC(=O)CCC(C)N)cc1OC. The molecule has 0 heterocycles. The van der Waals surface area contributed by atoms with Crippen LogP contribution < -0.4 is 20.5 Å². The van der Waals surface area contributed by atoms with Gasteiger partial charge in [0.05, 0.1) is 20.3 Å². The Morgan fingerprint density at radius 3 is 2.38 bits per heavy atom. The van der Waals surface area contributed by atoms with Crippen molar-refractivity contribution in [2.45, 2.75) is 38.8 Å². The third-order valence-electron chi connectivity index (χ3n) is 3.17. The molecule has 0 saturated heterocycles. The van der Waals surface area contributed by atoms with Crippen LogP contribution in [0.1, 0.15) is 38.3 Å². The van der Waals surface area contributed by atoms with E-state index < -0.39 is 11.9 Å². The van der Waals surface area contributed by atoms with E-state index in [1.165, 1.54) is 26.4 Å². The van der Waals surface area contributed by atoms with Crippen molar-refractivity contribution in [1.29, 1.82) is 0 Å². The van der Waals surface area contributed by atoms with Gasteiger partial charge in [-0.15, -0.1) is 0 Å². The van der Waals surface area contributed by atoms with Gasteiger partial charge in [0.2, 0.25) is 5.91 Å². The van der Waals surface area contributed by atoms with Gasteiger partial charge in [0.25, 0.3) is 0 Å². The van der Waals surface area contributed by atoms with E-state index in [9.17, 15) is 9.18 Å². The summed E-state index contributed by atoms with van der Waals surface area (Å²) >= 11 is 0. The van der Waals surface area contributed by atoms with Crippen molar-refractivity contribution < 1.29 is 18.7 Å². The first kappa shape index (κ1) is 17.2. The standard InChI is InChI=1S/C15H23FN2O3/c1-9(17)5-6-15(19)18-10(2)11-7-13(20-3)14(21-4)8-12(11)16/h7-10H,5-6,17H2,1-4H3,(H,18,19). The summed E-state index contributed by atoms with van der Waals surface area (Å²) in [6, 6.07) is 2.28. The highest BCUT2D eigenvalue weighted by Crippen LogP contribution is 2.32. The quantitative estimate of drug-likeness (QED) is 0.809. The molecule has 5 nitrogen and oxygen atoms in total. The zero-order valence-electron chi connectivity index (χ0n) is 12.9. The average molecular weight is 298 g/mol. The number of amides is 1. The second-order valence-corrected chi connectivity index (χ2v) is 5.03. The Morgan fingerprint density at radius 1 is 1.29 bits per heavy atom. The van der Waals surface area contributed by atoms with Crippen molar-refractivity contribution in [3.05, 3.63) is 23.5 Å². The molecule has 1 aromatic carbocycles. The lowest BCUT2D eigenvalue weighted by molar-refractivity contribution is -0.121. The summed E-state index contributed by atoms with van der Waals surface area (Å²) < 4.78 is 24.2. The highest BCUT2D eigenvalue weighted by molar-refractivity contribution is 5.76. The number of rotatable bonds is 7. The second kappa shape index (κ2) is 7.83. The Kier molecular flexibility index (Phi) is 6.42. The Hall–Kier alpha value is -1.82. The molecule has 2 atom stereocenters. The lowest BCUT2D eigenvalue weighted by Crippen LogP contribution is -2.28. The summed E-state index contributed by atoms with van der Waals surface area (Å²) in [4.78, 5) is 11.8. The zero-order chi connectivity index (χ0) is 16.0. The minimum Gasteiger partial charge on any atom is -0.493 e. The molecule has 6 heteroatoms. The van der Waals surface area contributed by atoms with Crippen LogP contribution in [-0.2, 0) is 4.79 Å². The highest BCUT2D eigenvalue weighted by atomic mass is 19.1. The summed E-state index contributed by atoms with van der Waals surface area (Å²) in [5.41, 5.74) is 5.96. The zero-order valence-corrected chi connectivity index (χ0v) is 12.9. The van der Waals surface area contributed by atoms with Gasteiger partial charge in [0.1, 0.15) is 5.82 Å². The van der Waals surface area contributed by atoms with Gasteiger partial charge in [-0.2, -0.15) is 0 Å². The molecule has 1 amide bonds. The predicted octanol–water partition coefficient (Wildman–Crippen LogP) is 2.15. The molecule has 3 N–H and O–H groups in total. The van der Waals surface area contributed by atoms with Gasteiger partial charge in [0.15, 0.2) is 11.5 Å². The number of ether oxygens (including phenoxy) is 2. The van der Waals surface area contributed by atoms with Gasteiger partial charge in [-0.25, -0.2) is 4.39 Å². The van der Waals surface area contributed by atoms with E-state index in [1.807, 2.05) is 6.92 Å². The van der Waals surface area contributed by atoms with Crippen LogP contribution in [0, 0.1) is 5.82 Å². The van der Waals surface area contributed by atoms with E-state index in [4.69, 9.17) is 15.2 Å². The largest absolute Gasteiger partial charge is 0.493 e. The van der Waals surface area contributed by atoms with Crippen molar-refractivity contribution in [2.24, 2.45) is 5.73 Å². The first-order chi connectivity index (χ1) is 9.88. The highest BCUT2D eigenvalue weighted by Gasteiger charge is 2.17. The number of halogens is 1. The van der Waals surface area contributed by atoms with E-state index in [2.05, 4.69) is 5.32 Å². The molecule has 0 aliphatic carbocycles. The number of carbonyl (C=O) groups is 1. The predicted molar refractivity (Wildman–Crippen MR) is 78.9 cm³/mol. The van der Waals surface area contributed by atoms with Gasteiger partial charge in [0, 0.05) is 24.1 Å². The fraction of sp³-hybridized carbons (Fsp3) is 0.533. The Morgan fingerprint density at radius 2 is 1.86 bits per heavy atom. The first-order valence-corrected chi connectivity index (χ1v) is 6.85. The molecule has 118 valence electrons. The normalized spacial score (nSPS) is 13.4. The van der Waals surface area contributed by atoms with Crippen molar-refractivity contribution >= 4 is 5.91 Å². The molecule has 0 spiro atoms. The number of hydrogen-bond acceptors (Lipinski definition) is 4. The topological polar surface area (TPSA) is 73.6 Å². The van der Waals surface area contributed by atoms with Crippen molar-refractivity contribution in [3.63, 3.8) is 0 Å². The number of methoxy groups -OCH3 is 2. The van der Waals surface area contributed by atoms with Gasteiger partial charge >= 0.3 is 0 Å². The fourth-order valence-corrected chi connectivity index (χ4v) is 1.95. The number of nitrogens with two attached hydrogens (primary N) is 1. The molecule has 0 aliphatic rings. The number of carbonyl (C=O) groups excluding carboxylic acids is 1. The Labute approximate surface area is 124 Å². The Bertz CT molecular complexity index is 492. The summed E-state index contributed by atoms with van der Waals surface area (Å²) in [5.74, 6) is 0.126. The first-order valence-electron chi connectivity index (χ1n) is 6.85. The molecular weight excluding hydrogens is 275 g/mol. The third-order valence-corrected chi connectivity index (χ3v) is 3.17. The monoisotopic (exact) mass is 298 g/mol. The smallest absolute Gasteiger partial charge is 0.220 e. The number of benzene rings is 1. The minimum absolute atomic E-state index is 0.0381. The molecule has 1 rings (SSSR count). The van der Waals surface area contributed by atoms with Crippen LogP contribution >= 0.6 is 0 Å². The molecule has 2 unspecified atom stereocenters. The maximum absolute atomic E-state index is 14.1. The van der Waals surface area contributed by atoms with E-state index in [1.54, 1.807) is 6.92 Å². The number of hydrogen-bond donors (Lipinski definition) is 2. The van der Waals surface area contributed by atoms with Crippen LogP contribution in [0.2, 0.25) is 0 Å². The van der Waals surface area contributed by atoms with Gasteiger partial charge < -0.3 is 20.5 Å². The minimum atomic E-state index is -0.467. The fourth-order valence-electron chi connectivity index (χ4n) is 1.95. The maximum atomic E-state index is 14.1. The van der Waals surface area contributed by atoms with Crippen LogP contribution in [0.3, 0.4) is 0 Å². The van der Waals surface area contributed by atoms with Crippen LogP contribution in [0.5, 0.6) is 11.5 Å². The molecule has 21 heavy (non-hydrogen) atoms. The second-order valence-electron chi connectivity index (χ2n) is 5.03. The molecule has 0 fully saturated rings. The van der Waals surface area contributed by atoms with Gasteiger partial charge in [-0.05, 0) is 26.3 Å². The maximum Gasteiger partial charge on any atom is 0.220 e. The third kappa shape index (κ3) is 4.90. The number of nitrogens with one attached hydrogen (secondary N) is 1. The molecule has 0 saturated carbocycles. The summed E-state index contributed by atoms with van der Waals surface area (Å²) in [6.45, 7) is 3.55. The van der Waals surface area contributed by atoms with Crippen molar-refractivity contribution in [1.82, 2.24) is 5.32 Å². The molecule has 0 aromatic heterocycles. The molecule has 0 radical (unpaired) electrons. The van der Waals surface area contributed by atoms with Crippen LogP contribution in [0.25, 0.3) is 0 Å². The summed E-state index contributed by atoms with van der Waals surface area (Å²) in [7, 11) is 2.92. The van der Waals surface area contributed by atoms with Crippen LogP contribution in [-0.4, -0.2) is 26.2 Å². The van der Waals surface area contributed by atoms with E-state index >= 15 is 0 Å². The van der Waals surface area contributed by atoms with E-state index in [0.29, 0.717) is 29.9 Å². The van der Waals surface area contributed by atoms with Crippen molar-refractivity contribution in [2.75, 3.05) is 14.2 Å². The van der Waals surface area contributed by atoms with E-state index in [0.717, 1.165) is 0 Å². The lowest BCUT2D eigenvalue weighted by atomic mass is 10.1. The summed E-state index contributed by atoms with van der Waals surface area (Å²) in [6.07, 6.45) is 0.907. The van der Waals surface area contributed by atoms with Crippen LogP contribution in [0.15, 0.2) is 12.1 Å². The van der Waals surface area contributed by atoms with Gasteiger partial charge in [-0.3, -0.25) is 4.79 Å². The summed E-state index contributed by atoms with van der Waals surface area (Å²) in [5, 5.41) is 2.75. The molecule has 0 aliphatic heterocycles. The lowest BCUT2D eigenvalue weighted by Gasteiger charge is -2.18. The van der Waals surface area contributed by atoms with Crippen LogP contribution in [0.4, 0.5) is 4.39 Å². The average Bonchev–Trinajstić information content (AvgIpc) is 2.44. The van der Waals surface area contributed by atoms with Crippen molar-refractivity contribution in [3.8, 4) is 11.5 Å². The molecular formula is C15H23FN2O3.